The molecule has 0 unspecified atom stereocenters. The van der Waals surface area contributed by atoms with Crippen LogP contribution in [0.25, 0.3) is 0 Å². The van der Waals surface area contributed by atoms with E-state index in [1.165, 1.54) is 11.3 Å². The summed E-state index contributed by atoms with van der Waals surface area (Å²) in [5.74, 6) is 1.59. The number of aryl methyl sites for hydroxylation is 1. The Morgan fingerprint density at radius 1 is 1.16 bits per heavy atom. The lowest BCUT2D eigenvalue weighted by Crippen LogP contribution is -1.99. The van der Waals surface area contributed by atoms with Crippen LogP contribution in [0.3, 0.4) is 0 Å². The summed E-state index contributed by atoms with van der Waals surface area (Å²) in [7, 11) is 3.22. The number of hydrogen-bond donors (Lipinski definition) is 0. The van der Waals surface area contributed by atoms with E-state index in [2.05, 4.69) is 0 Å². The molecule has 0 radical (unpaired) electrons. The molecule has 0 atom stereocenters. The highest BCUT2D eigenvalue weighted by molar-refractivity contribution is 7.12. The van der Waals surface area contributed by atoms with E-state index >= 15 is 0 Å². The third kappa shape index (κ3) is 3.35. The molecule has 0 amide bonds. The van der Waals surface area contributed by atoms with Gasteiger partial charge in [-0.3, -0.25) is 4.79 Å². The van der Waals surface area contributed by atoms with Crippen LogP contribution in [0.15, 0.2) is 35.7 Å². The smallest absolute Gasteiger partial charge is 0.173 e. The monoisotopic (exact) mass is 276 g/mol. The molecule has 4 heteroatoms. The number of hydrogen-bond acceptors (Lipinski definition) is 4. The molecule has 100 valence electrons. The fraction of sp³-hybridized carbons (Fsp3) is 0.267. The fourth-order valence-corrected chi connectivity index (χ4v) is 2.55. The normalized spacial score (nSPS) is 10.2. The minimum atomic E-state index is 0.185. The van der Waals surface area contributed by atoms with Gasteiger partial charge in [0.1, 0.15) is 0 Å². The van der Waals surface area contributed by atoms with E-state index in [9.17, 15) is 4.79 Å². The van der Waals surface area contributed by atoms with E-state index in [1.54, 1.807) is 14.2 Å². The van der Waals surface area contributed by atoms with Gasteiger partial charge in [0.15, 0.2) is 17.3 Å². The number of thiophene rings is 1. The van der Waals surface area contributed by atoms with Gasteiger partial charge in [0.25, 0.3) is 0 Å². The van der Waals surface area contributed by atoms with Crippen LogP contribution in [0.4, 0.5) is 0 Å². The molecule has 0 spiro atoms. The van der Waals surface area contributed by atoms with Gasteiger partial charge < -0.3 is 9.47 Å². The molecular formula is C15H16O3S. The minimum absolute atomic E-state index is 0.185. The van der Waals surface area contributed by atoms with Gasteiger partial charge in [-0.2, -0.15) is 0 Å². The number of ketones is 1. The quantitative estimate of drug-likeness (QED) is 0.756. The molecule has 1 heterocycles. The van der Waals surface area contributed by atoms with Crippen LogP contribution in [-0.4, -0.2) is 20.0 Å². The Balaban J connectivity index is 2.02. The molecule has 2 rings (SSSR count). The molecule has 2 aromatic rings. The molecule has 0 N–H and O–H groups in total. The molecule has 0 fully saturated rings. The first-order valence-corrected chi connectivity index (χ1v) is 6.90. The van der Waals surface area contributed by atoms with E-state index in [1.807, 2.05) is 35.7 Å². The van der Waals surface area contributed by atoms with Gasteiger partial charge in [0, 0.05) is 6.42 Å². The van der Waals surface area contributed by atoms with Crippen molar-refractivity contribution in [2.24, 2.45) is 0 Å². The van der Waals surface area contributed by atoms with Crippen LogP contribution >= 0.6 is 11.3 Å². The maximum absolute atomic E-state index is 11.9. The second-order valence-corrected chi connectivity index (χ2v) is 5.04. The van der Waals surface area contributed by atoms with E-state index in [-0.39, 0.29) is 5.78 Å². The predicted octanol–water partition coefficient (Wildman–Crippen LogP) is 3.58. The van der Waals surface area contributed by atoms with Crippen molar-refractivity contribution >= 4 is 17.1 Å². The number of carbonyl (C=O) groups excluding carboxylic acids is 1. The Kier molecular flexibility index (Phi) is 4.58. The Bertz CT molecular complexity index is 547. The van der Waals surface area contributed by atoms with E-state index in [4.69, 9.17) is 9.47 Å². The first-order chi connectivity index (χ1) is 9.24. The largest absolute Gasteiger partial charge is 0.493 e. The number of benzene rings is 1. The van der Waals surface area contributed by atoms with Crippen molar-refractivity contribution in [1.82, 2.24) is 0 Å². The highest BCUT2D eigenvalue weighted by Gasteiger charge is 2.09. The highest BCUT2D eigenvalue weighted by Crippen LogP contribution is 2.28. The molecule has 0 bridgehead atoms. The number of ether oxygens (including phenoxy) is 2. The zero-order valence-corrected chi connectivity index (χ0v) is 11.8. The third-order valence-corrected chi connectivity index (χ3v) is 3.80. The molecule has 0 aliphatic carbocycles. The van der Waals surface area contributed by atoms with Crippen molar-refractivity contribution in [2.75, 3.05) is 14.2 Å². The van der Waals surface area contributed by atoms with E-state index < -0.39 is 0 Å². The summed E-state index contributed by atoms with van der Waals surface area (Å²) in [4.78, 5) is 12.7. The first-order valence-electron chi connectivity index (χ1n) is 6.02. The van der Waals surface area contributed by atoms with E-state index in [0.29, 0.717) is 24.3 Å². The number of methoxy groups -OCH3 is 2. The maximum atomic E-state index is 11.9. The fourth-order valence-electron chi connectivity index (χ4n) is 1.85. The molecule has 1 aromatic heterocycles. The molecule has 0 saturated carbocycles. The summed E-state index contributed by atoms with van der Waals surface area (Å²) in [6, 6.07) is 9.50. The third-order valence-electron chi connectivity index (χ3n) is 2.88. The van der Waals surface area contributed by atoms with Crippen LogP contribution in [0, 0.1) is 0 Å². The lowest BCUT2D eigenvalue weighted by atomic mass is 10.1. The Morgan fingerprint density at radius 3 is 2.58 bits per heavy atom. The van der Waals surface area contributed by atoms with Crippen molar-refractivity contribution in [3.63, 3.8) is 0 Å². The zero-order chi connectivity index (χ0) is 13.7. The lowest BCUT2D eigenvalue weighted by molar-refractivity contribution is 0.0986. The van der Waals surface area contributed by atoms with Gasteiger partial charge in [-0.15, -0.1) is 11.3 Å². The van der Waals surface area contributed by atoms with E-state index in [0.717, 1.165) is 10.4 Å². The topological polar surface area (TPSA) is 35.5 Å². The van der Waals surface area contributed by atoms with Crippen molar-refractivity contribution < 1.29 is 14.3 Å². The summed E-state index contributed by atoms with van der Waals surface area (Å²) in [6.07, 6.45) is 1.22. The van der Waals surface area contributed by atoms with Crippen molar-refractivity contribution in [2.45, 2.75) is 12.8 Å². The summed E-state index contributed by atoms with van der Waals surface area (Å²) in [5.41, 5.74) is 1.07. The highest BCUT2D eigenvalue weighted by atomic mass is 32.1. The minimum Gasteiger partial charge on any atom is -0.493 e. The maximum Gasteiger partial charge on any atom is 0.173 e. The van der Waals surface area contributed by atoms with Gasteiger partial charge in [0.2, 0.25) is 0 Å². The lowest BCUT2D eigenvalue weighted by Gasteiger charge is -2.09. The van der Waals surface area contributed by atoms with Crippen molar-refractivity contribution in [3.05, 3.63) is 46.2 Å². The Labute approximate surface area is 116 Å². The molecule has 19 heavy (non-hydrogen) atoms. The number of Topliss-reactive ketones (excluding diaryl/α,β-unsaturated/α-hetero) is 1. The van der Waals surface area contributed by atoms with Gasteiger partial charge in [-0.1, -0.05) is 12.1 Å². The summed E-state index contributed by atoms with van der Waals surface area (Å²) in [5, 5.41) is 1.92. The van der Waals surface area contributed by atoms with Crippen LogP contribution in [0.1, 0.15) is 21.7 Å². The van der Waals surface area contributed by atoms with Crippen LogP contribution < -0.4 is 9.47 Å². The standard InChI is InChI=1S/C15H16O3S/c1-17-13-8-6-11(10-14(13)18-2)5-7-12(16)15-4-3-9-19-15/h3-4,6,8-10H,5,7H2,1-2H3. The zero-order valence-electron chi connectivity index (χ0n) is 11.0. The SMILES string of the molecule is COc1ccc(CCC(=O)c2cccs2)cc1OC. The second-order valence-electron chi connectivity index (χ2n) is 4.09. The van der Waals surface area contributed by atoms with Crippen molar-refractivity contribution in [3.8, 4) is 11.5 Å². The summed E-state index contributed by atoms with van der Waals surface area (Å²) >= 11 is 1.49. The van der Waals surface area contributed by atoms with Crippen molar-refractivity contribution in [1.29, 1.82) is 0 Å². The average Bonchev–Trinajstić information content (AvgIpc) is 2.98. The first kappa shape index (κ1) is 13.6. The van der Waals surface area contributed by atoms with Crippen LogP contribution in [0.2, 0.25) is 0 Å². The van der Waals surface area contributed by atoms with Gasteiger partial charge >= 0.3 is 0 Å². The van der Waals surface area contributed by atoms with Crippen LogP contribution in [-0.2, 0) is 6.42 Å². The van der Waals surface area contributed by atoms with Gasteiger partial charge in [-0.05, 0) is 35.6 Å². The van der Waals surface area contributed by atoms with Crippen LogP contribution in [0.5, 0.6) is 11.5 Å². The van der Waals surface area contributed by atoms with Gasteiger partial charge in [-0.25, -0.2) is 0 Å². The molecule has 0 saturated heterocycles. The molecule has 1 aromatic carbocycles. The Hall–Kier alpha value is -1.81. The predicted molar refractivity (Wildman–Crippen MR) is 76.5 cm³/mol. The second kappa shape index (κ2) is 6.38. The average molecular weight is 276 g/mol. The van der Waals surface area contributed by atoms with Gasteiger partial charge in [0.05, 0.1) is 19.1 Å². The Morgan fingerprint density at radius 2 is 1.95 bits per heavy atom. The number of rotatable bonds is 6. The molecule has 3 nitrogen and oxygen atoms in total. The molecular weight excluding hydrogens is 260 g/mol. The molecule has 0 aliphatic rings. The molecule has 0 aliphatic heterocycles. The summed E-state index contributed by atoms with van der Waals surface area (Å²) < 4.78 is 10.4. The number of carbonyl (C=O) groups is 1. The summed E-state index contributed by atoms with van der Waals surface area (Å²) in [6.45, 7) is 0.